The summed E-state index contributed by atoms with van der Waals surface area (Å²) in [6.07, 6.45) is -0.949. The number of nitrogens with one attached hydrogen (secondary N) is 1. The van der Waals surface area contributed by atoms with E-state index in [9.17, 15) is 23.6 Å². The highest BCUT2D eigenvalue weighted by Gasteiger charge is 2.32. The Labute approximate surface area is 128 Å². The lowest BCUT2D eigenvalue weighted by Crippen LogP contribution is -2.50. The van der Waals surface area contributed by atoms with Crippen molar-refractivity contribution < 1.29 is 18.4 Å². The van der Waals surface area contributed by atoms with Crippen LogP contribution in [0, 0.1) is 17.0 Å². The lowest BCUT2D eigenvalue weighted by Gasteiger charge is -2.29. The summed E-state index contributed by atoms with van der Waals surface area (Å²) in [6.45, 7) is 5.95. The molecule has 0 aliphatic carbocycles. The molecule has 0 saturated carbocycles. The molecular weight excluding hydrogens is 320 g/mol. The summed E-state index contributed by atoms with van der Waals surface area (Å²) in [5.74, 6) is 0. The Kier molecular flexibility index (Phi) is 4.99. The number of sulfonamides is 1. The summed E-state index contributed by atoms with van der Waals surface area (Å²) >= 11 is 5.73. The number of nitro groups is 1. The fraction of sp³-hybridized carbons (Fsp3) is 0.500. The summed E-state index contributed by atoms with van der Waals surface area (Å²) in [7, 11) is -4.04. The van der Waals surface area contributed by atoms with Crippen molar-refractivity contribution >= 4 is 27.3 Å². The number of aliphatic hydroxyl groups excluding tert-OH is 1. The van der Waals surface area contributed by atoms with Gasteiger partial charge in [-0.15, -0.1) is 0 Å². The van der Waals surface area contributed by atoms with Crippen LogP contribution in [-0.2, 0) is 10.0 Å². The van der Waals surface area contributed by atoms with Gasteiger partial charge in [0.05, 0.1) is 21.5 Å². The molecule has 9 heteroatoms. The molecular formula is C12H17ClN2O5S. The van der Waals surface area contributed by atoms with Crippen LogP contribution in [0.15, 0.2) is 17.0 Å². The van der Waals surface area contributed by atoms with Crippen molar-refractivity contribution in [3.63, 3.8) is 0 Å². The smallest absolute Gasteiger partial charge is 0.289 e. The first-order chi connectivity index (χ1) is 9.38. The van der Waals surface area contributed by atoms with Crippen LogP contribution in [0.3, 0.4) is 0 Å². The van der Waals surface area contributed by atoms with Crippen molar-refractivity contribution in [3.8, 4) is 0 Å². The minimum atomic E-state index is -4.04. The van der Waals surface area contributed by atoms with E-state index in [-0.39, 0.29) is 15.5 Å². The molecule has 2 N–H and O–H groups in total. The van der Waals surface area contributed by atoms with Crippen LogP contribution in [-0.4, -0.2) is 30.1 Å². The fourth-order valence-electron chi connectivity index (χ4n) is 1.56. The summed E-state index contributed by atoms with van der Waals surface area (Å²) in [5.41, 5.74) is -1.34. The lowest BCUT2D eigenvalue weighted by atomic mass is 10.0. The third-order valence-electron chi connectivity index (χ3n) is 3.17. The Morgan fingerprint density at radius 1 is 1.43 bits per heavy atom. The third-order valence-corrected chi connectivity index (χ3v) is 5.29. The van der Waals surface area contributed by atoms with E-state index in [1.165, 1.54) is 33.8 Å². The van der Waals surface area contributed by atoms with Crippen molar-refractivity contribution in [3.05, 3.63) is 32.8 Å². The molecule has 0 amide bonds. The largest absolute Gasteiger partial charge is 0.391 e. The van der Waals surface area contributed by atoms with E-state index in [1.54, 1.807) is 0 Å². The van der Waals surface area contributed by atoms with Crippen LogP contribution >= 0.6 is 11.6 Å². The number of nitro benzene ring substituents is 1. The third kappa shape index (κ3) is 3.91. The van der Waals surface area contributed by atoms with Crippen molar-refractivity contribution in [1.29, 1.82) is 0 Å². The normalized spacial score (nSPS) is 14.0. The highest BCUT2D eigenvalue weighted by molar-refractivity contribution is 7.89. The lowest BCUT2D eigenvalue weighted by molar-refractivity contribution is -0.384. The van der Waals surface area contributed by atoms with Gasteiger partial charge in [0, 0.05) is 6.07 Å². The van der Waals surface area contributed by atoms with Gasteiger partial charge in [-0.25, -0.2) is 13.1 Å². The fourth-order valence-corrected chi connectivity index (χ4v) is 3.57. The first-order valence-electron chi connectivity index (χ1n) is 6.05. The van der Waals surface area contributed by atoms with Crippen molar-refractivity contribution in [2.24, 2.45) is 0 Å². The molecule has 7 nitrogen and oxygen atoms in total. The molecule has 1 rings (SSSR count). The van der Waals surface area contributed by atoms with Crippen LogP contribution in [0.4, 0.5) is 5.69 Å². The number of rotatable bonds is 5. The second kappa shape index (κ2) is 5.88. The topological polar surface area (TPSA) is 110 Å². The first kappa shape index (κ1) is 17.8. The molecule has 0 fully saturated rings. The number of aliphatic hydroxyl groups is 1. The van der Waals surface area contributed by atoms with Gasteiger partial charge in [-0.2, -0.15) is 0 Å². The van der Waals surface area contributed by atoms with Crippen molar-refractivity contribution in [2.45, 2.75) is 44.2 Å². The highest BCUT2D eigenvalue weighted by Crippen LogP contribution is 2.30. The maximum atomic E-state index is 12.4. The second-order valence-corrected chi connectivity index (χ2v) is 7.39. The van der Waals surface area contributed by atoms with Gasteiger partial charge in [-0.05, 0) is 39.3 Å². The molecule has 0 spiro atoms. The van der Waals surface area contributed by atoms with E-state index in [2.05, 4.69) is 4.72 Å². The quantitative estimate of drug-likeness (QED) is 0.631. The van der Waals surface area contributed by atoms with Crippen LogP contribution in [0.25, 0.3) is 0 Å². The number of nitrogens with zero attached hydrogens (tertiary/aromatic N) is 1. The average molecular weight is 337 g/mol. The molecule has 0 aromatic heterocycles. The molecule has 0 heterocycles. The SMILES string of the molecule is Cc1cc(Cl)c([N+](=O)[O-])cc1S(=O)(=O)NC(C)(C)C(C)O. The molecule has 0 bridgehead atoms. The first-order valence-corrected chi connectivity index (χ1v) is 7.91. The van der Waals surface area contributed by atoms with Gasteiger partial charge < -0.3 is 5.11 Å². The van der Waals surface area contributed by atoms with Crippen LogP contribution < -0.4 is 4.72 Å². The molecule has 1 aromatic carbocycles. The van der Waals surface area contributed by atoms with E-state index < -0.39 is 32.3 Å². The number of hydrogen-bond donors (Lipinski definition) is 2. The Morgan fingerprint density at radius 2 is 1.95 bits per heavy atom. The van der Waals surface area contributed by atoms with E-state index in [4.69, 9.17) is 11.6 Å². The minimum Gasteiger partial charge on any atom is -0.391 e. The summed E-state index contributed by atoms with van der Waals surface area (Å²) in [6, 6.07) is 2.14. The standard InChI is InChI=1S/C12H17ClN2O5S/c1-7-5-9(13)10(15(17)18)6-11(7)21(19,20)14-12(3,4)8(2)16/h5-6,8,14,16H,1-4H3. The van der Waals surface area contributed by atoms with E-state index in [0.717, 1.165) is 6.07 Å². The molecule has 1 aromatic rings. The van der Waals surface area contributed by atoms with Gasteiger partial charge in [0.2, 0.25) is 10.0 Å². The Hall–Kier alpha value is -1.22. The zero-order chi connectivity index (χ0) is 16.6. The average Bonchev–Trinajstić information content (AvgIpc) is 2.25. The summed E-state index contributed by atoms with van der Waals surface area (Å²) in [4.78, 5) is 9.88. The highest BCUT2D eigenvalue weighted by atomic mass is 35.5. The molecule has 118 valence electrons. The van der Waals surface area contributed by atoms with Gasteiger partial charge in [-0.1, -0.05) is 11.6 Å². The van der Waals surface area contributed by atoms with Gasteiger partial charge >= 0.3 is 0 Å². The molecule has 1 unspecified atom stereocenters. The van der Waals surface area contributed by atoms with Crippen molar-refractivity contribution in [1.82, 2.24) is 4.72 Å². The Balaban J connectivity index is 3.39. The Morgan fingerprint density at radius 3 is 2.38 bits per heavy atom. The molecule has 0 saturated heterocycles. The van der Waals surface area contributed by atoms with E-state index in [0.29, 0.717) is 0 Å². The molecule has 0 aliphatic rings. The minimum absolute atomic E-state index is 0.133. The molecule has 0 radical (unpaired) electrons. The van der Waals surface area contributed by atoms with E-state index in [1.807, 2.05) is 0 Å². The predicted molar refractivity (Wildman–Crippen MR) is 78.9 cm³/mol. The Bertz CT molecular complexity index is 670. The number of halogens is 1. The predicted octanol–water partition coefficient (Wildman–Crippen LogP) is 1.99. The number of benzene rings is 1. The number of aryl methyl sites for hydroxylation is 1. The zero-order valence-corrected chi connectivity index (χ0v) is 13.6. The maximum absolute atomic E-state index is 12.4. The van der Waals surface area contributed by atoms with Gasteiger partial charge in [0.1, 0.15) is 5.02 Å². The van der Waals surface area contributed by atoms with E-state index >= 15 is 0 Å². The van der Waals surface area contributed by atoms with Crippen LogP contribution in [0.1, 0.15) is 26.3 Å². The molecule has 21 heavy (non-hydrogen) atoms. The van der Waals surface area contributed by atoms with Crippen LogP contribution in [0.5, 0.6) is 0 Å². The van der Waals surface area contributed by atoms with Gasteiger partial charge in [0.25, 0.3) is 5.69 Å². The van der Waals surface area contributed by atoms with Gasteiger partial charge in [0.15, 0.2) is 0 Å². The molecule has 0 aliphatic heterocycles. The summed E-state index contributed by atoms with van der Waals surface area (Å²) in [5, 5.41) is 20.3. The zero-order valence-electron chi connectivity index (χ0n) is 12.0. The molecule has 1 atom stereocenters. The number of hydrogen-bond acceptors (Lipinski definition) is 5. The monoisotopic (exact) mass is 336 g/mol. The maximum Gasteiger partial charge on any atom is 0.289 e. The van der Waals surface area contributed by atoms with Gasteiger partial charge in [-0.3, -0.25) is 10.1 Å². The second-order valence-electron chi connectivity index (χ2n) is 5.33. The van der Waals surface area contributed by atoms with Crippen molar-refractivity contribution in [2.75, 3.05) is 0 Å². The van der Waals surface area contributed by atoms with Crippen LogP contribution in [0.2, 0.25) is 5.02 Å². The summed E-state index contributed by atoms with van der Waals surface area (Å²) < 4.78 is 27.1.